The molecule has 0 radical (unpaired) electrons. The Labute approximate surface area is 122 Å². The van der Waals surface area contributed by atoms with Gasteiger partial charge in [0.25, 0.3) is 0 Å². The number of pyridine rings is 1. The largest absolute Gasteiger partial charge is 0.432 e. The fourth-order valence-electron chi connectivity index (χ4n) is 1.94. The van der Waals surface area contributed by atoms with Crippen LogP contribution >= 0.6 is 0 Å². The third-order valence-corrected chi connectivity index (χ3v) is 3.29. The van der Waals surface area contributed by atoms with E-state index in [0.717, 1.165) is 5.56 Å². The van der Waals surface area contributed by atoms with Gasteiger partial charge in [-0.25, -0.2) is 4.98 Å². The summed E-state index contributed by atoms with van der Waals surface area (Å²) in [4.78, 5) is 14.9. The van der Waals surface area contributed by atoms with Gasteiger partial charge in [0.2, 0.25) is 11.6 Å². The van der Waals surface area contributed by atoms with Crippen LogP contribution in [0.4, 0.5) is 5.69 Å². The van der Waals surface area contributed by atoms with E-state index < -0.39 is 4.92 Å². The Balaban J connectivity index is 2.27. The number of benzene rings is 1. The Hall–Kier alpha value is -2.47. The zero-order chi connectivity index (χ0) is 15.4. The molecule has 1 N–H and O–H groups in total. The third-order valence-electron chi connectivity index (χ3n) is 3.29. The molecule has 6 nitrogen and oxygen atoms in total. The van der Waals surface area contributed by atoms with Crippen molar-refractivity contribution in [2.24, 2.45) is 0 Å². The van der Waals surface area contributed by atoms with Gasteiger partial charge in [0.1, 0.15) is 0 Å². The molecule has 0 aliphatic heterocycles. The van der Waals surface area contributed by atoms with Gasteiger partial charge in [-0.1, -0.05) is 18.2 Å². The number of aryl methyl sites for hydroxylation is 1. The third kappa shape index (κ3) is 3.35. The summed E-state index contributed by atoms with van der Waals surface area (Å²) in [6.07, 6.45) is 1.69. The molecule has 0 aliphatic carbocycles. The molecule has 0 amide bonds. The fraction of sp³-hybridized carbons (Fsp3) is 0.267. The second-order valence-electron chi connectivity index (χ2n) is 4.72. The number of para-hydroxylation sites is 1. The molecule has 1 aromatic carbocycles. The van der Waals surface area contributed by atoms with Crippen molar-refractivity contribution in [3.05, 3.63) is 57.8 Å². The van der Waals surface area contributed by atoms with Crippen LogP contribution in [0.5, 0.6) is 11.6 Å². The molecule has 2 aromatic rings. The van der Waals surface area contributed by atoms with Crippen molar-refractivity contribution in [2.45, 2.75) is 19.9 Å². The predicted molar refractivity (Wildman–Crippen MR) is 79.6 cm³/mol. The van der Waals surface area contributed by atoms with Crippen LogP contribution in [0.2, 0.25) is 0 Å². The van der Waals surface area contributed by atoms with Crippen LogP contribution in [0.1, 0.15) is 24.1 Å². The summed E-state index contributed by atoms with van der Waals surface area (Å²) in [6, 6.07) is 8.72. The molecule has 21 heavy (non-hydrogen) atoms. The van der Waals surface area contributed by atoms with Gasteiger partial charge >= 0.3 is 5.69 Å². The predicted octanol–water partition coefficient (Wildman–Crippen LogP) is 3.37. The highest BCUT2D eigenvalue weighted by molar-refractivity contribution is 5.53. The van der Waals surface area contributed by atoms with Crippen LogP contribution in [-0.4, -0.2) is 17.0 Å². The van der Waals surface area contributed by atoms with E-state index in [2.05, 4.69) is 10.3 Å². The van der Waals surface area contributed by atoms with Gasteiger partial charge in [0.15, 0.2) is 0 Å². The SMILES string of the molecule is CNC(C)c1ccc(Oc2cccc(C)c2[N+](=O)[O-])nc1. The maximum atomic E-state index is 11.1. The van der Waals surface area contributed by atoms with Crippen LogP contribution in [0, 0.1) is 17.0 Å². The summed E-state index contributed by atoms with van der Waals surface area (Å²) < 4.78 is 5.55. The highest BCUT2D eigenvalue weighted by Crippen LogP contribution is 2.33. The monoisotopic (exact) mass is 287 g/mol. The molecule has 6 heteroatoms. The molecule has 0 fully saturated rings. The van der Waals surface area contributed by atoms with Crippen LogP contribution in [0.3, 0.4) is 0 Å². The van der Waals surface area contributed by atoms with Gasteiger partial charge in [-0.15, -0.1) is 0 Å². The van der Waals surface area contributed by atoms with E-state index in [1.54, 1.807) is 37.4 Å². The lowest BCUT2D eigenvalue weighted by Crippen LogP contribution is -2.12. The van der Waals surface area contributed by atoms with E-state index in [0.29, 0.717) is 11.4 Å². The summed E-state index contributed by atoms with van der Waals surface area (Å²) in [6.45, 7) is 3.69. The number of nitro groups is 1. The van der Waals surface area contributed by atoms with Crippen LogP contribution in [-0.2, 0) is 0 Å². The zero-order valence-corrected chi connectivity index (χ0v) is 12.2. The number of nitro benzene ring substituents is 1. The van der Waals surface area contributed by atoms with Gasteiger partial charge in [-0.3, -0.25) is 10.1 Å². The van der Waals surface area contributed by atoms with Crippen molar-refractivity contribution >= 4 is 5.69 Å². The molecule has 0 aliphatic rings. The molecule has 0 spiro atoms. The number of ether oxygens (including phenoxy) is 1. The first kappa shape index (κ1) is 14.9. The van der Waals surface area contributed by atoms with Crippen LogP contribution in [0.25, 0.3) is 0 Å². The first-order valence-electron chi connectivity index (χ1n) is 6.58. The second-order valence-corrected chi connectivity index (χ2v) is 4.72. The first-order chi connectivity index (χ1) is 10.0. The van der Waals surface area contributed by atoms with Crippen LogP contribution < -0.4 is 10.1 Å². The lowest BCUT2D eigenvalue weighted by molar-refractivity contribution is -0.386. The number of rotatable bonds is 5. The van der Waals surface area contributed by atoms with Crippen molar-refractivity contribution in [1.82, 2.24) is 10.3 Å². The molecule has 2 rings (SSSR count). The second kappa shape index (κ2) is 6.32. The van der Waals surface area contributed by atoms with Crippen molar-refractivity contribution in [1.29, 1.82) is 0 Å². The van der Waals surface area contributed by atoms with Gasteiger partial charge in [-0.05, 0) is 32.5 Å². The van der Waals surface area contributed by atoms with Crippen molar-refractivity contribution in [3.63, 3.8) is 0 Å². The molecule has 1 heterocycles. The fourth-order valence-corrected chi connectivity index (χ4v) is 1.94. The summed E-state index contributed by atoms with van der Waals surface area (Å²) >= 11 is 0. The number of hydrogen-bond acceptors (Lipinski definition) is 5. The normalized spacial score (nSPS) is 12.0. The minimum absolute atomic E-state index is 0.0352. The maximum Gasteiger partial charge on any atom is 0.314 e. The van der Waals surface area contributed by atoms with Gasteiger partial charge in [-0.2, -0.15) is 0 Å². The number of hydrogen-bond donors (Lipinski definition) is 1. The molecule has 0 saturated heterocycles. The topological polar surface area (TPSA) is 77.3 Å². The van der Waals surface area contributed by atoms with E-state index in [4.69, 9.17) is 4.74 Å². The lowest BCUT2D eigenvalue weighted by Gasteiger charge is -2.11. The van der Waals surface area contributed by atoms with E-state index in [1.165, 1.54) is 0 Å². The maximum absolute atomic E-state index is 11.1. The molecule has 0 bridgehead atoms. The Morgan fingerprint density at radius 1 is 1.33 bits per heavy atom. The number of nitrogens with zero attached hydrogens (tertiary/aromatic N) is 2. The average molecular weight is 287 g/mol. The minimum Gasteiger partial charge on any atom is -0.432 e. The molecule has 1 aromatic heterocycles. The number of nitrogens with one attached hydrogen (secondary N) is 1. The van der Waals surface area contributed by atoms with Crippen molar-refractivity contribution < 1.29 is 9.66 Å². The first-order valence-corrected chi connectivity index (χ1v) is 6.58. The highest BCUT2D eigenvalue weighted by Gasteiger charge is 2.19. The molecule has 1 unspecified atom stereocenters. The molecule has 0 saturated carbocycles. The molecular weight excluding hydrogens is 270 g/mol. The zero-order valence-electron chi connectivity index (χ0n) is 12.2. The summed E-state index contributed by atoms with van der Waals surface area (Å²) in [5, 5.41) is 14.2. The summed E-state index contributed by atoms with van der Waals surface area (Å²) in [5.41, 5.74) is 1.54. The molecular formula is C15H17N3O3. The molecule has 110 valence electrons. The number of aromatic nitrogens is 1. The van der Waals surface area contributed by atoms with Gasteiger partial charge in [0.05, 0.1) is 4.92 Å². The molecule has 1 atom stereocenters. The Kier molecular flexibility index (Phi) is 4.49. The Morgan fingerprint density at radius 3 is 2.67 bits per heavy atom. The average Bonchev–Trinajstić information content (AvgIpc) is 2.47. The van der Waals surface area contributed by atoms with E-state index in [9.17, 15) is 10.1 Å². The van der Waals surface area contributed by atoms with Gasteiger partial charge < -0.3 is 10.1 Å². The Morgan fingerprint density at radius 2 is 2.10 bits per heavy atom. The van der Waals surface area contributed by atoms with Crippen molar-refractivity contribution in [2.75, 3.05) is 7.05 Å². The smallest absolute Gasteiger partial charge is 0.314 e. The highest BCUT2D eigenvalue weighted by atomic mass is 16.6. The lowest BCUT2D eigenvalue weighted by atomic mass is 10.1. The summed E-state index contributed by atoms with van der Waals surface area (Å²) in [7, 11) is 1.87. The van der Waals surface area contributed by atoms with E-state index in [-0.39, 0.29) is 17.5 Å². The van der Waals surface area contributed by atoms with E-state index >= 15 is 0 Å². The summed E-state index contributed by atoms with van der Waals surface area (Å²) in [5.74, 6) is 0.526. The van der Waals surface area contributed by atoms with Crippen molar-refractivity contribution in [3.8, 4) is 11.6 Å². The van der Waals surface area contributed by atoms with Gasteiger partial charge in [0, 0.05) is 23.9 Å². The van der Waals surface area contributed by atoms with E-state index in [1.807, 2.05) is 20.0 Å². The Bertz CT molecular complexity index is 641. The quantitative estimate of drug-likeness (QED) is 0.674. The van der Waals surface area contributed by atoms with Crippen LogP contribution in [0.15, 0.2) is 36.5 Å². The standard InChI is InChI=1S/C15H17N3O3/c1-10-5-4-6-13(15(10)18(19)20)21-14-8-7-12(9-17-14)11(2)16-3/h4-9,11,16H,1-3H3. The minimum atomic E-state index is -0.442.